The summed E-state index contributed by atoms with van der Waals surface area (Å²) in [7, 11) is 0. The molecule has 0 saturated heterocycles. The molecule has 0 aliphatic rings. The molecule has 6 heteroatoms. The summed E-state index contributed by atoms with van der Waals surface area (Å²) >= 11 is 1.55. The van der Waals surface area contributed by atoms with Crippen molar-refractivity contribution in [2.24, 2.45) is 0 Å². The Morgan fingerprint density at radius 3 is 2.88 bits per heavy atom. The van der Waals surface area contributed by atoms with E-state index >= 15 is 0 Å². The number of benzene rings is 1. The number of hydrogen-bond donors (Lipinski definition) is 1. The van der Waals surface area contributed by atoms with E-state index in [1.807, 2.05) is 23.6 Å². The molecule has 3 rings (SSSR count). The monoisotopic (exact) mass is 341 g/mol. The summed E-state index contributed by atoms with van der Waals surface area (Å²) in [6.07, 6.45) is 1.45. The first kappa shape index (κ1) is 16.4. The summed E-state index contributed by atoms with van der Waals surface area (Å²) in [6, 6.07) is 12.0. The predicted octanol–water partition coefficient (Wildman–Crippen LogP) is 3.45. The third-order valence-electron chi connectivity index (χ3n) is 3.82. The molecule has 0 fully saturated rings. The van der Waals surface area contributed by atoms with Gasteiger partial charge in [-0.2, -0.15) is 0 Å². The molecule has 1 N–H and O–H groups in total. The van der Waals surface area contributed by atoms with E-state index in [9.17, 15) is 4.79 Å². The van der Waals surface area contributed by atoms with Gasteiger partial charge in [-0.3, -0.25) is 4.79 Å². The molecule has 3 aromatic rings. The number of rotatable bonds is 7. The second-order valence-electron chi connectivity index (χ2n) is 5.68. The SMILES string of the molecule is C[C@H](Cc1cc(C(=O)NCCc2cscn2)on1)c1ccccc1. The molecule has 1 amide bonds. The molecule has 2 aromatic heterocycles. The number of thiazole rings is 1. The molecule has 5 nitrogen and oxygen atoms in total. The van der Waals surface area contributed by atoms with Crippen molar-refractivity contribution in [1.29, 1.82) is 0 Å². The number of amides is 1. The van der Waals surface area contributed by atoms with Crippen LogP contribution in [0.4, 0.5) is 0 Å². The van der Waals surface area contributed by atoms with Crippen LogP contribution in [0.25, 0.3) is 0 Å². The minimum absolute atomic E-state index is 0.239. The van der Waals surface area contributed by atoms with Gasteiger partial charge in [-0.1, -0.05) is 42.4 Å². The Labute approximate surface area is 144 Å². The van der Waals surface area contributed by atoms with Gasteiger partial charge in [-0.05, 0) is 17.9 Å². The van der Waals surface area contributed by atoms with Gasteiger partial charge in [0.05, 0.1) is 16.9 Å². The Kier molecular flexibility index (Phi) is 5.38. The minimum atomic E-state index is -0.239. The van der Waals surface area contributed by atoms with Crippen LogP contribution in [0.2, 0.25) is 0 Å². The van der Waals surface area contributed by atoms with Crippen LogP contribution in [0, 0.1) is 0 Å². The lowest BCUT2D eigenvalue weighted by atomic mass is 9.96. The van der Waals surface area contributed by atoms with Crippen LogP contribution >= 0.6 is 11.3 Å². The van der Waals surface area contributed by atoms with Crippen LogP contribution in [0.15, 0.2) is 51.8 Å². The van der Waals surface area contributed by atoms with E-state index in [1.165, 1.54) is 5.56 Å². The average molecular weight is 341 g/mol. The second kappa shape index (κ2) is 7.88. The summed E-state index contributed by atoms with van der Waals surface area (Å²) in [5.74, 6) is 0.330. The van der Waals surface area contributed by atoms with Crippen LogP contribution in [-0.2, 0) is 12.8 Å². The van der Waals surface area contributed by atoms with E-state index in [0.717, 1.165) is 17.8 Å². The Hall–Kier alpha value is -2.47. The lowest BCUT2D eigenvalue weighted by Gasteiger charge is -2.08. The molecule has 0 saturated carbocycles. The van der Waals surface area contributed by atoms with Crippen molar-refractivity contribution in [2.75, 3.05) is 6.54 Å². The van der Waals surface area contributed by atoms with Crippen molar-refractivity contribution in [3.05, 3.63) is 70.0 Å². The van der Waals surface area contributed by atoms with Crippen molar-refractivity contribution >= 4 is 17.2 Å². The zero-order chi connectivity index (χ0) is 16.8. The van der Waals surface area contributed by atoms with Gasteiger partial charge in [0.1, 0.15) is 0 Å². The molecule has 1 atom stereocenters. The number of aromatic nitrogens is 2. The zero-order valence-corrected chi connectivity index (χ0v) is 14.3. The lowest BCUT2D eigenvalue weighted by Crippen LogP contribution is -2.25. The second-order valence-corrected chi connectivity index (χ2v) is 6.40. The molecular formula is C18H19N3O2S. The van der Waals surface area contributed by atoms with Crippen molar-refractivity contribution in [3.8, 4) is 0 Å². The largest absolute Gasteiger partial charge is 0.351 e. The van der Waals surface area contributed by atoms with Crippen LogP contribution in [-0.4, -0.2) is 22.6 Å². The first-order valence-electron chi connectivity index (χ1n) is 7.88. The summed E-state index contributed by atoms with van der Waals surface area (Å²) in [5.41, 5.74) is 4.80. The number of hydrogen-bond acceptors (Lipinski definition) is 5. The first-order chi connectivity index (χ1) is 11.7. The molecule has 0 spiro atoms. The molecular weight excluding hydrogens is 322 g/mol. The van der Waals surface area contributed by atoms with Gasteiger partial charge in [0.2, 0.25) is 5.76 Å². The Balaban J connectivity index is 1.52. The maximum Gasteiger partial charge on any atom is 0.289 e. The molecule has 1 aromatic carbocycles. The highest BCUT2D eigenvalue weighted by Crippen LogP contribution is 2.20. The van der Waals surface area contributed by atoms with Gasteiger partial charge >= 0.3 is 0 Å². The summed E-state index contributed by atoms with van der Waals surface area (Å²) in [4.78, 5) is 16.3. The topological polar surface area (TPSA) is 68.0 Å². The van der Waals surface area contributed by atoms with Crippen LogP contribution in [0.1, 0.15) is 40.3 Å². The first-order valence-corrected chi connectivity index (χ1v) is 8.82. The Bertz CT molecular complexity index is 769. The van der Waals surface area contributed by atoms with E-state index in [2.05, 4.69) is 34.5 Å². The van der Waals surface area contributed by atoms with Gasteiger partial charge in [-0.15, -0.1) is 11.3 Å². The molecule has 24 heavy (non-hydrogen) atoms. The fourth-order valence-corrected chi connectivity index (χ4v) is 3.07. The molecule has 0 aliphatic carbocycles. The van der Waals surface area contributed by atoms with Crippen LogP contribution in [0.5, 0.6) is 0 Å². The predicted molar refractivity (Wildman–Crippen MR) is 93.2 cm³/mol. The number of carbonyl (C=O) groups excluding carboxylic acids is 1. The summed E-state index contributed by atoms with van der Waals surface area (Å²) in [5, 5.41) is 8.82. The number of nitrogens with zero attached hydrogens (tertiary/aromatic N) is 2. The van der Waals surface area contributed by atoms with Crippen molar-refractivity contribution in [2.45, 2.75) is 25.7 Å². The molecule has 124 valence electrons. The Morgan fingerprint density at radius 2 is 2.12 bits per heavy atom. The lowest BCUT2D eigenvalue weighted by molar-refractivity contribution is 0.0917. The van der Waals surface area contributed by atoms with Gasteiger partial charge in [-0.25, -0.2) is 4.98 Å². The maximum absolute atomic E-state index is 12.1. The average Bonchev–Trinajstić information content (AvgIpc) is 3.27. The van der Waals surface area contributed by atoms with Gasteiger partial charge in [0.25, 0.3) is 5.91 Å². The van der Waals surface area contributed by atoms with Crippen LogP contribution in [0.3, 0.4) is 0 Å². The van der Waals surface area contributed by atoms with E-state index in [1.54, 1.807) is 22.9 Å². The van der Waals surface area contributed by atoms with Gasteiger partial charge < -0.3 is 9.84 Å². The highest BCUT2D eigenvalue weighted by atomic mass is 32.1. The van der Waals surface area contributed by atoms with Gasteiger partial charge in [0.15, 0.2) is 0 Å². The fraction of sp³-hybridized carbons (Fsp3) is 0.278. The molecule has 0 radical (unpaired) electrons. The quantitative estimate of drug-likeness (QED) is 0.715. The number of carbonyl (C=O) groups is 1. The highest BCUT2D eigenvalue weighted by Gasteiger charge is 2.15. The molecule has 0 bridgehead atoms. The van der Waals surface area contributed by atoms with Crippen molar-refractivity contribution < 1.29 is 9.32 Å². The zero-order valence-electron chi connectivity index (χ0n) is 13.4. The fourth-order valence-electron chi connectivity index (χ4n) is 2.48. The third-order valence-corrected chi connectivity index (χ3v) is 4.45. The van der Waals surface area contributed by atoms with Crippen molar-refractivity contribution in [3.63, 3.8) is 0 Å². The summed E-state index contributed by atoms with van der Waals surface area (Å²) < 4.78 is 5.18. The van der Waals surface area contributed by atoms with Gasteiger partial charge in [0, 0.05) is 24.4 Å². The summed E-state index contributed by atoms with van der Waals surface area (Å²) in [6.45, 7) is 2.66. The molecule has 0 aliphatic heterocycles. The smallest absolute Gasteiger partial charge is 0.289 e. The third kappa shape index (κ3) is 4.29. The van der Waals surface area contributed by atoms with E-state index in [0.29, 0.717) is 18.9 Å². The minimum Gasteiger partial charge on any atom is -0.351 e. The highest BCUT2D eigenvalue weighted by molar-refractivity contribution is 7.07. The normalized spacial score (nSPS) is 12.0. The van der Waals surface area contributed by atoms with Crippen molar-refractivity contribution in [1.82, 2.24) is 15.5 Å². The maximum atomic E-state index is 12.1. The molecule has 2 heterocycles. The van der Waals surface area contributed by atoms with Crippen LogP contribution < -0.4 is 5.32 Å². The Morgan fingerprint density at radius 1 is 1.29 bits per heavy atom. The number of nitrogens with one attached hydrogen (secondary N) is 1. The van der Waals surface area contributed by atoms with E-state index < -0.39 is 0 Å². The van der Waals surface area contributed by atoms with E-state index in [-0.39, 0.29) is 11.7 Å². The van der Waals surface area contributed by atoms with E-state index in [4.69, 9.17) is 4.52 Å². The molecule has 0 unspecified atom stereocenters. The standard InChI is InChI=1S/C18H19N3O2S/c1-13(14-5-3-2-4-6-14)9-16-10-17(23-21-16)18(22)19-8-7-15-11-24-12-20-15/h2-6,10-13H,7-9H2,1H3,(H,19,22)/t13-/m1/s1.